The van der Waals surface area contributed by atoms with Crippen molar-refractivity contribution in [2.24, 2.45) is 0 Å². The minimum Gasteiger partial charge on any atom is -0.332 e. The van der Waals surface area contributed by atoms with E-state index in [4.69, 9.17) is 0 Å². The van der Waals surface area contributed by atoms with E-state index in [1.165, 1.54) is 64.4 Å². The van der Waals surface area contributed by atoms with Crippen molar-refractivity contribution in [3.8, 4) is 20.9 Å². The Morgan fingerprint density at radius 2 is 0.915 bits per heavy atom. The van der Waals surface area contributed by atoms with Crippen molar-refractivity contribution in [3.05, 3.63) is 126 Å². The number of aryl methyl sites for hydroxylation is 2. The number of halogens is 6. The van der Waals surface area contributed by atoms with Crippen molar-refractivity contribution in [1.29, 1.82) is 0 Å². The molecule has 0 fully saturated rings. The Morgan fingerprint density at radius 3 is 1.25 bits per heavy atom. The molecule has 4 heterocycles. The molecule has 4 amide bonds. The van der Waals surface area contributed by atoms with E-state index in [1.54, 1.807) is 24.3 Å². The maximum Gasteiger partial charge on any atom is 0.380 e. The van der Waals surface area contributed by atoms with E-state index in [0.29, 0.717) is 20.9 Å². The number of amides is 4. The number of benzene rings is 2. The molecule has 4 aromatic heterocycles. The number of thiophene rings is 2. The third-order valence-corrected chi connectivity index (χ3v) is 11.9. The lowest BCUT2D eigenvalue weighted by molar-refractivity contribution is -0.254. The summed E-state index contributed by atoms with van der Waals surface area (Å²) in [5.74, 6) is -16.5. The van der Waals surface area contributed by atoms with Crippen molar-refractivity contribution in [1.82, 2.24) is 19.9 Å². The van der Waals surface area contributed by atoms with E-state index < -0.39 is 63.2 Å². The second-order valence-corrected chi connectivity index (χ2v) is 15.8. The van der Waals surface area contributed by atoms with Crippen molar-refractivity contribution < 1.29 is 35.9 Å². The number of nitrogens with one attached hydrogen (secondary N) is 6. The molecule has 6 aromatic rings. The number of carbonyl (C=O) groups excluding carboxylic acids is 2. The largest absolute Gasteiger partial charge is 0.380 e. The van der Waals surface area contributed by atoms with Gasteiger partial charge in [-0.1, -0.05) is 24.3 Å². The van der Waals surface area contributed by atoms with Gasteiger partial charge in [-0.3, -0.25) is 20.2 Å². The predicted octanol–water partition coefficient (Wildman–Crippen LogP) is 9.66. The Labute approximate surface area is 337 Å². The molecule has 20 heteroatoms. The minimum atomic E-state index is -5.78. The van der Waals surface area contributed by atoms with Crippen LogP contribution in [0, 0.1) is 27.7 Å². The monoisotopic (exact) mass is 852 g/mol. The van der Waals surface area contributed by atoms with Crippen LogP contribution in [0.1, 0.15) is 32.0 Å². The number of allylic oxidation sites excluding steroid dienone is 2. The Bertz CT molecular complexity index is 2610. The Morgan fingerprint density at radius 1 is 0.559 bits per heavy atom. The molecule has 0 atom stereocenters. The summed E-state index contributed by atoms with van der Waals surface area (Å²) in [5.41, 5.74) is -3.27. The summed E-state index contributed by atoms with van der Waals surface area (Å²) in [6, 6.07) is 13.0. The number of rotatable bonds is 8. The van der Waals surface area contributed by atoms with Gasteiger partial charge in [-0.15, -0.1) is 22.7 Å². The molecular weight excluding hydrogens is 823 g/mol. The highest BCUT2D eigenvalue weighted by atomic mass is 32.1. The number of alkyl halides is 6. The molecule has 1 aliphatic rings. The van der Waals surface area contributed by atoms with Gasteiger partial charge >= 0.3 is 29.8 Å². The zero-order valence-corrected chi connectivity index (χ0v) is 32.7. The van der Waals surface area contributed by atoms with Crippen LogP contribution >= 0.6 is 22.7 Å². The van der Waals surface area contributed by atoms with Crippen LogP contribution in [-0.2, 0) is 0 Å². The first-order chi connectivity index (χ1) is 27.8. The van der Waals surface area contributed by atoms with Gasteiger partial charge in [0.15, 0.2) is 0 Å². The van der Waals surface area contributed by atoms with Gasteiger partial charge in [-0.25, -0.2) is 9.59 Å². The van der Waals surface area contributed by atoms with Crippen molar-refractivity contribution >= 4 is 69.2 Å². The maximum atomic E-state index is 16.1. The Kier molecular flexibility index (Phi) is 10.3. The molecule has 0 spiro atoms. The van der Waals surface area contributed by atoms with Crippen LogP contribution in [0.2, 0.25) is 0 Å². The lowest BCUT2D eigenvalue weighted by Gasteiger charge is -2.26. The van der Waals surface area contributed by atoms with Crippen LogP contribution in [0.5, 0.6) is 0 Å². The summed E-state index contributed by atoms with van der Waals surface area (Å²) >= 11 is 1.94. The van der Waals surface area contributed by atoms with E-state index in [-0.39, 0.29) is 44.2 Å². The first kappa shape index (κ1) is 40.6. The van der Waals surface area contributed by atoms with Gasteiger partial charge in [0.25, 0.3) is 11.1 Å². The molecule has 0 bridgehead atoms. The molecule has 6 N–H and O–H groups in total. The molecule has 12 nitrogen and oxygen atoms in total. The van der Waals surface area contributed by atoms with Gasteiger partial charge in [0.05, 0.1) is 0 Å². The molecule has 0 aliphatic heterocycles. The van der Waals surface area contributed by atoms with Gasteiger partial charge in [0, 0.05) is 77.7 Å². The van der Waals surface area contributed by atoms with Crippen molar-refractivity contribution in [2.45, 2.75) is 45.5 Å². The summed E-state index contributed by atoms with van der Waals surface area (Å²) in [6.45, 7) is 5.61. The van der Waals surface area contributed by atoms with Crippen molar-refractivity contribution in [2.75, 3.05) is 21.3 Å². The minimum absolute atomic E-state index is 0.0815. The molecule has 304 valence electrons. The zero-order valence-electron chi connectivity index (χ0n) is 31.0. The number of H-pyrrole nitrogens is 2. The standard InChI is InChI=1S/C39H30F6N8O4S2/c1-17-27(19(3)58-31(17)21-5-9-23(10-6-21)48-35(56)52-33-46-15-13-25(54)50-33)29-30(38(42,43)39(44,45)37(29,40)41)28-18(2)32(59-20(28)4)22-7-11-24(12-8-22)49-36(57)53-34-47-16-14-26(55)51-34/h5-16H,1-4H3,(H3,46,48,50,52,54,56)(H3,47,49,51,53,55,57). The molecule has 2 aromatic carbocycles. The normalized spacial score (nSPS) is 15.2. The van der Waals surface area contributed by atoms with Crippen LogP contribution in [0.3, 0.4) is 0 Å². The van der Waals surface area contributed by atoms with Crippen LogP contribution < -0.4 is 32.4 Å². The predicted molar refractivity (Wildman–Crippen MR) is 215 cm³/mol. The number of carbonyl (C=O) groups is 2. The summed E-state index contributed by atoms with van der Waals surface area (Å²) < 4.78 is 95.5. The van der Waals surface area contributed by atoms with E-state index in [0.717, 1.165) is 34.8 Å². The average molecular weight is 853 g/mol. The van der Waals surface area contributed by atoms with E-state index in [1.807, 2.05) is 0 Å². The second kappa shape index (κ2) is 15.0. The molecule has 1 aliphatic carbocycles. The highest BCUT2D eigenvalue weighted by Gasteiger charge is 2.80. The van der Waals surface area contributed by atoms with Crippen LogP contribution in [0.4, 0.5) is 59.2 Å². The average Bonchev–Trinajstić information content (AvgIpc) is 3.65. The molecule has 0 saturated heterocycles. The number of urea groups is 2. The Balaban J connectivity index is 1.22. The van der Waals surface area contributed by atoms with Gasteiger partial charge in [-0.05, 0) is 74.2 Å². The lowest BCUT2D eigenvalue weighted by atomic mass is 9.90. The van der Waals surface area contributed by atoms with E-state index in [9.17, 15) is 19.2 Å². The van der Waals surface area contributed by atoms with Gasteiger partial charge in [0.1, 0.15) is 0 Å². The molecule has 0 radical (unpaired) electrons. The van der Waals surface area contributed by atoms with Crippen molar-refractivity contribution in [3.63, 3.8) is 0 Å². The van der Waals surface area contributed by atoms with Crippen LogP contribution in [-0.4, -0.2) is 49.8 Å². The highest BCUT2D eigenvalue weighted by molar-refractivity contribution is 7.16. The lowest BCUT2D eigenvalue weighted by Crippen LogP contribution is -2.49. The molecule has 59 heavy (non-hydrogen) atoms. The SMILES string of the molecule is Cc1sc(-c2ccc(NC(=O)Nc3nc(=O)cc[nH]3)cc2)c(C)c1C1=C(c2c(C)sc(-c3ccc(NC(=O)Nc4nc(=O)cc[nH]4)cc3)c2C)C(F)(F)C(F)(F)C1(F)F. The molecular formula is C39H30F6N8O4S2. The Hall–Kier alpha value is -6.54. The number of nitrogens with zero attached hydrogens (tertiary/aromatic N) is 2. The quantitative estimate of drug-likeness (QED) is 0.0832. The summed E-state index contributed by atoms with van der Waals surface area (Å²) in [7, 11) is 0. The molecule has 0 saturated carbocycles. The first-order valence-corrected chi connectivity index (χ1v) is 19.0. The fourth-order valence-corrected chi connectivity index (χ4v) is 9.15. The van der Waals surface area contributed by atoms with Gasteiger partial charge in [0.2, 0.25) is 11.9 Å². The third-order valence-electron chi connectivity index (χ3n) is 9.42. The summed E-state index contributed by atoms with van der Waals surface area (Å²) in [4.78, 5) is 61.1. The number of hydrogen-bond acceptors (Lipinski definition) is 8. The zero-order chi connectivity index (χ0) is 42.6. The van der Waals surface area contributed by atoms with E-state index >= 15 is 26.3 Å². The van der Waals surface area contributed by atoms with E-state index in [2.05, 4.69) is 41.2 Å². The topological polar surface area (TPSA) is 174 Å². The molecule has 7 rings (SSSR count). The third kappa shape index (κ3) is 7.28. The number of aromatic nitrogens is 4. The van der Waals surface area contributed by atoms with Crippen LogP contribution in [0.25, 0.3) is 32.0 Å². The fourth-order valence-electron chi connectivity index (χ4n) is 6.80. The number of hydrogen-bond donors (Lipinski definition) is 6. The van der Waals surface area contributed by atoms with Gasteiger partial charge in [-0.2, -0.15) is 36.3 Å². The number of anilines is 4. The van der Waals surface area contributed by atoms with Crippen LogP contribution in [0.15, 0.2) is 82.6 Å². The summed E-state index contributed by atoms with van der Waals surface area (Å²) in [5, 5.41) is 9.83. The van der Waals surface area contributed by atoms with Gasteiger partial charge < -0.3 is 20.6 Å². The highest BCUT2D eigenvalue weighted by Crippen LogP contribution is 2.67. The second-order valence-electron chi connectivity index (χ2n) is 13.3. The fraction of sp³-hybridized carbons (Fsp3) is 0.179. The maximum absolute atomic E-state index is 16.1. The molecule has 0 unspecified atom stereocenters. The number of aromatic amines is 2. The first-order valence-electron chi connectivity index (χ1n) is 17.4. The smallest absolute Gasteiger partial charge is 0.332 e. The summed E-state index contributed by atoms with van der Waals surface area (Å²) in [6.07, 6.45) is 2.59.